The van der Waals surface area contributed by atoms with Crippen LogP contribution in [0.25, 0.3) is 0 Å². The van der Waals surface area contributed by atoms with Crippen LogP contribution in [0.3, 0.4) is 0 Å². The van der Waals surface area contributed by atoms with Gasteiger partial charge in [-0.3, -0.25) is 13.9 Å². The van der Waals surface area contributed by atoms with Gasteiger partial charge in [0.25, 0.3) is 0 Å². The number of benzene rings is 2. The fourth-order valence-electron chi connectivity index (χ4n) is 4.37. The normalized spacial score (nSPS) is 14.9. The van der Waals surface area contributed by atoms with Crippen LogP contribution in [0.5, 0.6) is 0 Å². The molecular weight excluding hydrogens is 545 g/mol. The van der Waals surface area contributed by atoms with Crippen LogP contribution >= 0.6 is 34.8 Å². The number of carbonyl (C=O) groups excluding carboxylic acids is 2. The molecule has 3 rings (SSSR count). The zero-order valence-corrected chi connectivity index (χ0v) is 23.3. The van der Waals surface area contributed by atoms with Crippen molar-refractivity contribution >= 4 is 62.3 Å². The number of hydrogen-bond acceptors (Lipinski definition) is 4. The topological polar surface area (TPSA) is 86.8 Å². The molecule has 0 aliphatic heterocycles. The van der Waals surface area contributed by atoms with Crippen molar-refractivity contribution in [2.45, 2.75) is 57.7 Å². The highest BCUT2D eigenvalue weighted by molar-refractivity contribution is 7.92. The smallest absolute Gasteiger partial charge is 0.244 e. The van der Waals surface area contributed by atoms with E-state index in [9.17, 15) is 18.0 Å². The van der Waals surface area contributed by atoms with Gasteiger partial charge in [0.1, 0.15) is 12.6 Å². The summed E-state index contributed by atoms with van der Waals surface area (Å²) in [6.45, 7) is 1.38. The van der Waals surface area contributed by atoms with Gasteiger partial charge in [-0.25, -0.2) is 8.42 Å². The van der Waals surface area contributed by atoms with E-state index in [4.69, 9.17) is 34.8 Å². The number of hydrogen-bond donors (Lipinski definition) is 1. The highest BCUT2D eigenvalue weighted by atomic mass is 35.5. The van der Waals surface area contributed by atoms with Gasteiger partial charge in [-0.15, -0.1) is 0 Å². The Morgan fingerprint density at radius 1 is 1.06 bits per heavy atom. The van der Waals surface area contributed by atoms with Crippen LogP contribution in [-0.2, 0) is 26.2 Å². The first kappa shape index (κ1) is 28.6. The number of nitrogens with zero attached hydrogens (tertiary/aromatic N) is 2. The lowest BCUT2D eigenvalue weighted by atomic mass is 10.1. The summed E-state index contributed by atoms with van der Waals surface area (Å²) in [5.41, 5.74) is 0.926. The molecule has 1 N–H and O–H groups in total. The molecule has 1 aliphatic rings. The highest BCUT2D eigenvalue weighted by Crippen LogP contribution is 2.26. The number of amides is 2. The first-order valence-corrected chi connectivity index (χ1v) is 14.7. The van der Waals surface area contributed by atoms with Crippen LogP contribution in [0.4, 0.5) is 5.69 Å². The van der Waals surface area contributed by atoms with E-state index in [2.05, 4.69) is 5.32 Å². The van der Waals surface area contributed by atoms with Crippen LogP contribution < -0.4 is 9.62 Å². The van der Waals surface area contributed by atoms with Crippen molar-refractivity contribution in [3.63, 3.8) is 0 Å². The van der Waals surface area contributed by atoms with Crippen LogP contribution in [0.2, 0.25) is 15.1 Å². The summed E-state index contributed by atoms with van der Waals surface area (Å²) >= 11 is 18.3. The minimum Gasteiger partial charge on any atom is -0.352 e. The fraction of sp³-hybridized carbons (Fsp3) is 0.440. The number of nitrogens with one attached hydrogen (secondary N) is 1. The maximum absolute atomic E-state index is 13.7. The Morgan fingerprint density at radius 2 is 1.75 bits per heavy atom. The minimum atomic E-state index is -3.83. The molecule has 0 heterocycles. The second-order valence-electron chi connectivity index (χ2n) is 8.93. The molecule has 0 bridgehead atoms. The molecule has 0 saturated heterocycles. The molecule has 7 nitrogen and oxygen atoms in total. The van der Waals surface area contributed by atoms with Crippen LogP contribution in [0.15, 0.2) is 42.5 Å². The predicted molar refractivity (Wildman–Crippen MR) is 145 cm³/mol. The Balaban J connectivity index is 1.94. The molecule has 2 aromatic carbocycles. The summed E-state index contributed by atoms with van der Waals surface area (Å²) in [7, 11) is -3.83. The molecule has 0 aromatic heterocycles. The van der Waals surface area contributed by atoms with Gasteiger partial charge >= 0.3 is 0 Å². The van der Waals surface area contributed by atoms with Crippen LogP contribution in [-0.4, -0.2) is 50.0 Å². The van der Waals surface area contributed by atoms with Crippen LogP contribution in [0.1, 0.15) is 44.6 Å². The third kappa shape index (κ3) is 7.51. The zero-order chi connectivity index (χ0) is 26.5. The molecule has 2 amide bonds. The number of halogens is 3. The third-order valence-corrected chi connectivity index (χ3v) is 8.31. The highest BCUT2D eigenvalue weighted by Gasteiger charge is 2.33. The van der Waals surface area contributed by atoms with Gasteiger partial charge in [0.2, 0.25) is 21.8 Å². The molecule has 1 saturated carbocycles. The predicted octanol–water partition coefficient (Wildman–Crippen LogP) is 5.28. The second kappa shape index (κ2) is 12.5. The number of anilines is 1. The van der Waals surface area contributed by atoms with Gasteiger partial charge in [0, 0.05) is 17.6 Å². The standard InChI is InChI=1S/C25H30Cl3N3O4S/c1-3-23(25(33)29-19-8-4-5-9-19)30(15-17-11-12-21(27)22(28)13-17)24(32)16-31(36(2,34)35)20-10-6-7-18(26)14-20/h6-7,10-14,19,23H,3-5,8-9,15-16H2,1-2H3,(H,29,33)/t23-/m0/s1. The Hall–Kier alpha value is -2.00. The average Bonchev–Trinajstić information content (AvgIpc) is 3.31. The van der Waals surface area contributed by atoms with Gasteiger partial charge in [-0.2, -0.15) is 0 Å². The molecule has 196 valence electrons. The molecule has 36 heavy (non-hydrogen) atoms. The van der Waals surface area contributed by atoms with E-state index in [0.717, 1.165) is 36.2 Å². The summed E-state index contributed by atoms with van der Waals surface area (Å²) in [5.74, 6) is -0.786. The third-order valence-electron chi connectivity index (χ3n) is 6.20. The summed E-state index contributed by atoms with van der Waals surface area (Å²) in [6, 6.07) is 10.5. The molecule has 2 aromatic rings. The zero-order valence-electron chi connectivity index (χ0n) is 20.2. The van der Waals surface area contributed by atoms with Crippen molar-refractivity contribution in [2.75, 3.05) is 17.1 Å². The largest absolute Gasteiger partial charge is 0.352 e. The summed E-state index contributed by atoms with van der Waals surface area (Å²) in [5, 5.41) is 4.09. The van der Waals surface area contributed by atoms with Gasteiger partial charge in [0.15, 0.2) is 0 Å². The van der Waals surface area contributed by atoms with Gasteiger partial charge < -0.3 is 10.2 Å². The van der Waals surface area contributed by atoms with Crippen molar-refractivity contribution in [2.24, 2.45) is 0 Å². The van der Waals surface area contributed by atoms with Gasteiger partial charge in [-0.1, -0.05) is 66.7 Å². The lowest BCUT2D eigenvalue weighted by Crippen LogP contribution is -2.53. The second-order valence-corrected chi connectivity index (χ2v) is 12.1. The lowest BCUT2D eigenvalue weighted by Gasteiger charge is -2.33. The van der Waals surface area contributed by atoms with E-state index in [-0.39, 0.29) is 24.2 Å². The molecule has 1 fully saturated rings. The van der Waals surface area contributed by atoms with E-state index in [1.165, 1.54) is 11.0 Å². The Morgan fingerprint density at radius 3 is 2.33 bits per heavy atom. The summed E-state index contributed by atoms with van der Waals surface area (Å²) < 4.78 is 26.3. The van der Waals surface area contributed by atoms with E-state index < -0.39 is 28.5 Å². The lowest BCUT2D eigenvalue weighted by molar-refractivity contribution is -0.140. The van der Waals surface area contributed by atoms with Crippen molar-refractivity contribution in [1.82, 2.24) is 10.2 Å². The number of sulfonamides is 1. The quantitative estimate of drug-likeness (QED) is 0.418. The maximum atomic E-state index is 13.7. The Labute approximate surface area is 227 Å². The first-order chi connectivity index (χ1) is 17.0. The number of carbonyl (C=O) groups is 2. The maximum Gasteiger partial charge on any atom is 0.244 e. The fourth-order valence-corrected chi connectivity index (χ4v) is 5.71. The molecule has 11 heteroatoms. The van der Waals surface area contributed by atoms with E-state index >= 15 is 0 Å². The molecular formula is C25H30Cl3N3O4S. The van der Waals surface area contributed by atoms with E-state index in [1.54, 1.807) is 36.4 Å². The Kier molecular flexibility index (Phi) is 9.92. The first-order valence-electron chi connectivity index (χ1n) is 11.8. The van der Waals surface area contributed by atoms with Gasteiger partial charge in [-0.05, 0) is 55.2 Å². The molecule has 0 unspecified atom stereocenters. The van der Waals surface area contributed by atoms with E-state index in [0.29, 0.717) is 27.1 Å². The minimum absolute atomic E-state index is 0.0550. The Bertz CT molecular complexity index is 1200. The molecule has 1 atom stereocenters. The van der Waals surface area contributed by atoms with Crippen molar-refractivity contribution in [3.8, 4) is 0 Å². The average molecular weight is 575 g/mol. The molecule has 1 aliphatic carbocycles. The monoisotopic (exact) mass is 573 g/mol. The van der Waals surface area contributed by atoms with Crippen molar-refractivity contribution in [3.05, 3.63) is 63.1 Å². The summed E-state index contributed by atoms with van der Waals surface area (Å²) in [4.78, 5) is 28.4. The molecule has 0 spiro atoms. The van der Waals surface area contributed by atoms with E-state index in [1.807, 2.05) is 6.92 Å². The van der Waals surface area contributed by atoms with Crippen LogP contribution in [0, 0.1) is 0 Å². The van der Waals surface area contributed by atoms with Crippen molar-refractivity contribution in [1.29, 1.82) is 0 Å². The summed E-state index contributed by atoms with van der Waals surface area (Å²) in [6.07, 6.45) is 5.28. The molecule has 0 radical (unpaired) electrons. The van der Waals surface area contributed by atoms with Gasteiger partial charge in [0.05, 0.1) is 22.0 Å². The number of rotatable bonds is 10. The SMILES string of the molecule is CC[C@@H](C(=O)NC1CCCC1)N(Cc1ccc(Cl)c(Cl)c1)C(=O)CN(c1cccc(Cl)c1)S(C)(=O)=O. The van der Waals surface area contributed by atoms with Crippen molar-refractivity contribution < 1.29 is 18.0 Å².